The van der Waals surface area contributed by atoms with E-state index < -0.39 is 27.3 Å². The number of rotatable bonds is 4. The molecule has 112 valence electrons. The second kappa shape index (κ2) is 5.66. The number of halogens is 2. The van der Waals surface area contributed by atoms with Crippen LogP contribution in [0, 0.1) is 18.6 Å². The zero-order valence-electron chi connectivity index (χ0n) is 11.0. The molecule has 0 radical (unpaired) electrons. The van der Waals surface area contributed by atoms with Gasteiger partial charge in [-0.05, 0) is 30.7 Å². The van der Waals surface area contributed by atoms with Gasteiger partial charge in [-0.2, -0.15) is 0 Å². The standard InChI is InChI=1S/C13H13F2N3O2S/c1-8-6-10(15)12(7-9(8)14)18-21(19,20)13-5-3-2-4-11(13)17-16/h2-7,17-18H,16H2,1H3. The number of hydrogen-bond acceptors (Lipinski definition) is 4. The van der Waals surface area contributed by atoms with Gasteiger partial charge in [-0.3, -0.25) is 10.6 Å². The van der Waals surface area contributed by atoms with Crippen molar-refractivity contribution in [2.24, 2.45) is 5.84 Å². The average Bonchev–Trinajstić information content (AvgIpc) is 2.44. The third-order valence-electron chi connectivity index (χ3n) is 2.82. The molecule has 0 saturated heterocycles. The van der Waals surface area contributed by atoms with Crippen LogP contribution in [0.5, 0.6) is 0 Å². The van der Waals surface area contributed by atoms with Crippen LogP contribution < -0.4 is 16.0 Å². The molecule has 0 aliphatic carbocycles. The highest BCUT2D eigenvalue weighted by Crippen LogP contribution is 2.25. The van der Waals surface area contributed by atoms with Gasteiger partial charge in [-0.1, -0.05) is 12.1 Å². The van der Waals surface area contributed by atoms with Gasteiger partial charge in [0.25, 0.3) is 10.0 Å². The van der Waals surface area contributed by atoms with Crippen LogP contribution in [-0.4, -0.2) is 8.42 Å². The largest absolute Gasteiger partial charge is 0.323 e. The summed E-state index contributed by atoms with van der Waals surface area (Å²) >= 11 is 0. The minimum atomic E-state index is -4.11. The number of nitrogen functional groups attached to an aromatic ring is 1. The predicted molar refractivity (Wildman–Crippen MR) is 76.2 cm³/mol. The van der Waals surface area contributed by atoms with Crippen LogP contribution in [0.3, 0.4) is 0 Å². The molecule has 4 N–H and O–H groups in total. The van der Waals surface area contributed by atoms with Crippen molar-refractivity contribution in [1.82, 2.24) is 0 Å². The SMILES string of the molecule is Cc1cc(F)c(NS(=O)(=O)c2ccccc2NN)cc1F. The van der Waals surface area contributed by atoms with E-state index in [0.717, 1.165) is 12.1 Å². The summed E-state index contributed by atoms with van der Waals surface area (Å²) in [7, 11) is -4.11. The van der Waals surface area contributed by atoms with Crippen molar-refractivity contribution in [2.45, 2.75) is 11.8 Å². The Kier molecular flexibility index (Phi) is 4.10. The zero-order valence-corrected chi connectivity index (χ0v) is 11.8. The first-order chi connectivity index (χ1) is 9.85. The van der Waals surface area contributed by atoms with Gasteiger partial charge in [-0.25, -0.2) is 17.2 Å². The summed E-state index contributed by atoms with van der Waals surface area (Å²) in [6, 6.07) is 7.52. The molecule has 0 amide bonds. The molecule has 8 heteroatoms. The van der Waals surface area contributed by atoms with E-state index in [9.17, 15) is 17.2 Å². The molecule has 0 aliphatic rings. The van der Waals surface area contributed by atoms with Gasteiger partial charge in [0.2, 0.25) is 0 Å². The number of hydrogen-bond donors (Lipinski definition) is 3. The van der Waals surface area contributed by atoms with E-state index in [-0.39, 0.29) is 16.1 Å². The normalized spacial score (nSPS) is 11.2. The second-order valence-corrected chi connectivity index (χ2v) is 5.98. The first kappa shape index (κ1) is 15.2. The van der Waals surface area contributed by atoms with Crippen LogP contribution in [0.15, 0.2) is 41.3 Å². The summed E-state index contributed by atoms with van der Waals surface area (Å²) in [5, 5.41) is 0. The topological polar surface area (TPSA) is 84.2 Å². The summed E-state index contributed by atoms with van der Waals surface area (Å²) in [6.45, 7) is 1.38. The van der Waals surface area contributed by atoms with Gasteiger partial charge < -0.3 is 5.43 Å². The Morgan fingerprint density at radius 3 is 2.38 bits per heavy atom. The number of anilines is 2. The predicted octanol–water partition coefficient (Wildman–Crippen LogP) is 2.36. The molecular weight excluding hydrogens is 300 g/mol. The maximum absolute atomic E-state index is 13.7. The number of aryl methyl sites for hydroxylation is 1. The molecule has 0 unspecified atom stereocenters. The third kappa shape index (κ3) is 3.11. The summed E-state index contributed by atoms with van der Waals surface area (Å²) in [5.41, 5.74) is 1.99. The van der Waals surface area contributed by atoms with Crippen LogP contribution in [0.1, 0.15) is 5.56 Å². The molecule has 0 heterocycles. The number of benzene rings is 2. The fourth-order valence-electron chi connectivity index (χ4n) is 1.74. The molecule has 0 bridgehead atoms. The van der Waals surface area contributed by atoms with E-state index in [4.69, 9.17) is 5.84 Å². The van der Waals surface area contributed by atoms with Crippen molar-refractivity contribution >= 4 is 21.4 Å². The lowest BCUT2D eigenvalue weighted by Crippen LogP contribution is -2.18. The zero-order chi connectivity index (χ0) is 15.6. The Labute approximate surface area is 120 Å². The van der Waals surface area contributed by atoms with Gasteiger partial charge in [0.05, 0.1) is 11.4 Å². The summed E-state index contributed by atoms with van der Waals surface area (Å²) < 4.78 is 53.6. The lowest BCUT2D eigenvalue weighted by atomic mass is 10.2. The molecule has 21 heavy (non-hydrogen) atoms. The molecule has 0 aromatic heterocycles. The molecule has 2 aromatic carbocycles. The highest BCUT2D eigenvalue weighted by Gasteiger charge is 2.20. The maximum atomic E-state index is 13.7. The molecule has 0 saturated carbocycles. The van der Waals surface area contributed by atoms with E-state index in [2.05, 4.69) is 5.43 Å². The Bertz CT molecular complexity index is 779. The smallest absolute Gasteiger partial charge is 0.264 e. The summed E-state index contributed by atoms with van der Waals surface area (Å²) in [5.74, 6) is 3.66. The Morgan fingerprint density at radius 1 is 1.05 bits per heavy atom. The Balaban J connectivity index is 2.45. The third-order valence-corrected chi connectivity index (χ3v) is 4.25. The van der Waals surface area contributed by atoms with E-state index in [0.29, 0.717) is 0 Å². The Hall–Kier alpha value is -2.19. The lowest BCUT2D eigenvalue weighted by Gasteiger charge is -2.12. The fourth-order valence-corrected chi connectivity index (χ4v) is 2.97. The van der Waals surface area contributed by atoms with Gasteiger partial charge in [0, 0.05) is 6.07 Å². The van der Waals surface area contributed by atoms with Gasteiger partial charge in [0.15, 0.2) is 0 Å². The van der Waals surface area contributed by atoms with Crippen LogP contribution >= 0.6 is 0 Å². The number of sulfonamides is 1. The van der Waals surface area contributed by atoms with Crippen LogP contribution in [0.2, 0.25) is 0 Å². The minimum absolute atomic E-state index is 0.0828. The van der Waals surface area contributed by atoms with Gasteiger partial charge >= 0.3 is 0 Å². The van der Waals surface area contributed by atoms with Crippen LogP contribution in [0.25, 0.3) is 0 Å². The number of nitrogens with two attached hydrogens (primary N) is 1. The highest BCUT2D eigenvalue weighted by atomic mass is 32.2. The number of hydrazine groups is 1. The molecule has 0 aliphatic heterocycles. The lowest BCUT2D eigenvalue weighted by molar-refractivity contribution is 0.590. The molecule has 2 rings (SSSR count). The average molecular weight is 313 g/mol. The number of nitrogens with one attached hydrogen (secondary N) is 2. The van der Waals surface area contributed by atoms with Gasteiger partial charge in [-0.15, -0.1) is 0 Å². The van der Waals surface area contributed by atoms with Crippen LogP contribution in [0.4, 0.5) is 20.2 Å². The number of para-hydroxylation sites is 1. The monoisotopic (exact) mass is 313 g/mol. The second-order valence-electron chi connectivity index (χ2n) is 4.33. The molecule has 0 fully saturated rings. The minimum Gasteiger partial charge on any atom is -0.323 e. The highest BCUT2D eigenvalue weighted by molar-refractivity contribution is 7.92. The summed E-state index contributed by atoms with van der Waals surface area (Å²) in [4.78, 5) is -0.173. The van der Waals surface area contributed by atoms with Crippen molar-refractivity contribution in [3.8, 4) is 0 Å². The van der Waals surface area contributed by atoms with Crippen LogP contribution in [-0.2, 0) is 10.0 Å². The van der Waals surface area contributed by atoms with Crippen molar-refractivity contribution in [3.63, 3.8) is 0 Å². The van der Waals surface area contributed by atoms with E-state index in [1.54, 1.807) is 6.07 Å². The maximum Gasteiger partial charge on any atom is 0.264 e. The van der Waals surface area contributed by atoms with Crippen molar-refractivity contribution in [1.29, 1.82) is 0 Å². The van der Waals surface area contributed by atoms with E-state index in [1.165, 1.54) is 25.1 Å². The molecule has 0 atom stereocenters. The fraction of sp³-hybridized carbons (Fsp3) is 0.0769. The van der Waals surface area contributed by atoms with E-state index in [1.807, 2.05) is 4.72 Å². The quantitative estimate of drug-likeness (QED) is 0.597. The van der Waals surface area contributed by atoms with Crippen molar-refractivity contribution in [2.75, 3.05) is 10.1 Å². The molecule has 5 nitrogen and oxygen atoms in total. The van der Waals surface area contributed by atoms with E-state index >= 15 is 0 Å². The molecule has 0 spiro atoms. The first-order valence-corrected chi connectivity index (χ1v) is 7.37. The van der Waals surface area contributed by atoms with Crippen molar-refractivity contribution < 1.29 is 17.2 Å². The molecule has 2 aromatic rings. The molecular formula is C13H13F2N3O2S. The Morgan fingerprint density at radius 2 is 1.71 bits per heavy atom. The van der Waals surface area contributed by atoms with Gasteiger partial charge in [0.1, 0.15) is 16.5 Å². The van der Waals surface area contributed by atoms with Crippen molar-refractivity contribution in [3.05, 3.63) is 53.6 Å². The summed E-state index contributed by atoms with van der Waals surface area (Å²) in [6.07, 6.45) is 0. The first-order valence-electron chi connectivity index (χ1n) is 5.89.